The Morgan fingerprint density at radius 3 is 2.95 bits per heavy atom. The molecule has 1 aromatic rings. The molecule has 0 unspecified atom stereocenters. The smallest absolute Gasteiger partial charge is 0.255 e. The number of aromatic nitrogens is 2. The van der Waals surface area contributed by atoms with E-state index in [1.165, 1.54) is 0 Å². The molecule has 22 heavy (non-hydrogen) atoms. The minimum absolute atomic E-state index is 0.0976. The SMILES string of the molecule is CCN1CCN(C(=O)[C@@]2(O)CCSC2)C[C@@H]1c1nccn1C. The zero-order chi connectivity index (χ0) is 15.7. The summed E-state index contributed by atoms with van der Waals surface area (Å²) in [6, 6.07) is 0.0976. The predicted octanol–water partition coefficient (Wildman–Crippen LogP) is 0.493. The van der Waals surface area contributed by atoms with Crippen molar-refractivity contribution in [2.24, 2.45) is 7.05 Å². The first kappa shape index (κ1) is 15.8. The fourth-order valence-electron chi connectivity index (χ4n) is 3.34. The van der Waals surface area contributed by atoms with E-state index in [9.17, 15) is 9.90 Å². The molecule has 0 aromatic carbocycles. The Morgan fingerprint density at radius 1 is 1.55 bits per heavy atom. The molecular weight excluding hydrogens is 300 g/mol. The summed E-state index contributed by atoms with van der Waals surface area (Å²) in [5.41, 5.74) is -1.16. The molecule has 3 heterocycles. The number of carbonyl (C=O) groups is 1. The van der Waals surface area contributed by atoms with Crippen molar-refractivity contribution in [3.63, 3.8) is 0 Å². The Kier molecular flexibility index (Phi) is 4.47. The maximum Gasteiger partial charge on any atom is 0.255 e. The molecule has 122 valence electrons. The number of nitrogens with zero attached hydrogens (tertiary/aromatic N) is 4. The molecule has 1 amide bonds. The standard InChI is InChI=1S/C15H24N4O2S/c1-3-18-7-8-19(14(20)15(21)4-9-22-11-15)10-12(18)13-16-5-6-17(13)2/h5-6,12,21H,3-4,7-11H2,1-2H3/t12-,15-/m1/s1. The van der Waals surface area contributed by atoms with Gasteiger partial charge in [-0.25, -0.2) is 4.98 Å². The molecule has 1 aromatic heterocycles. The summed E-state index contributed by atoms with van der Waals surface area (Å²) < 4.78 is 2.02. The lowest BCUT2D eigenvalue weighted by molar-refractivity contribution is -0.152. The molecular formula is C15H24N4O2S. The first-order valence-electron chi connectivity index (χ1n) is 7.86. The Labute approximate surface area is 135 Å². The fraction of sp³-hybridized carbons (Fsp3) is 0.733. The number of hydrogen-bond acceptors (Lipinski definition) is 5. The van der Waals surface area contributed by atoms with Crippen LogP contribution in [-0.2, 0) is 11.8 Å². The van der Waals surface area contributed by atoms with Gasteiger partial charge in [-0.15, -0.1) is 0 Å². The quantitative estimate of drug-likeness (QED) is 0.877. The van der Waals surface area contributed by atoms with Crippen molar-refractivity contribution < 1.29 is 9.90 Å². The Balaban J connectivity index is 1.78. The molecule has 2 fully saturated rings. The van der Waals surface area contributed by atoms with Crippen LogP contribution in [0.15, 0.2) is 12.4 Å². The van der Waals surface area contributed by atoms with Crippen LogP contribution < -0.4 is 0 Å². The third kappa shape index (κ3) is 2.77. The normalized spacial score (nSPS) is 30.0. The molecule has 7 heteroatoms. The molecule has 2 aliphatic heterocycles. The summed E-state index contributed by atoms with van der Waals surface area (Å²) in [6.45, 7) is 5.17. The number of imidazole rings is 1. The number of piperazine rings is 1. The lowest BCUT2D eigenvalue weighted by Crippen LogP contribution is -2.57. The molecule has 0 spiro atoms. The molecule has 1 N–H and O–H groups in total. The van der Waals surface area contributed by atoms with Crippen molar-refractivity contribution in [3.8, 4) is 0 Å². The van der Waals surface area contributed by atoms with E-state index in [2.05, 4.69) is 16.8 Å². The summed E-state index contributed by atoms with van der Waals surface area (Å²) >= 11 is 1.66. The predicted molar refractivity (Wildman–Crippen MR) is 86.7 cm³/mol. The zero-order valence-electron chi connectivity index (χ0n) is 13.2. The van der Waals surface area contributed by atoms with Crippen LogP contribution in [0.3, 0.4) is 0 Å². The van der Waals surface area contributed by atoms with E-state index in [0.717, 1.165) is 24.7 Å². The third-order valence-corrected chi connectivity index (χ3v) is 5.91. The Bertz CT molecular complexity index is 541. The Morgan fingerprint density at radius 2 is 2.36 bits per heavy atom. The van der Waals surface area contributed by atoms with Crippen LogP contribution in [0.4, 0.5) is 0 Å². The van der Waals surface area contributed by atoms with Gasteiger partial charge >= 0.3 is 0 Å². The second-order valence-electron chi connectivity index (χ2n) is 6.13. The van der Waals surface area contributed by atoms with E-state index in [-0.39, 0.29) is 11.9 Å². The lowest BCUT2D eigenvalue weighted by Gasteiger charge is -2.42. The number of thioether (sulfide) groups is 1. The van der Waals surface area contributed by atoms with Crippen LogP contribution in [0.5, 0.6) is 0 Å². The maximum absolute atomic E-state index is 12.7. The molecule has 6 nitrogen and oxygen atoms in total. The van der Waals surface area contributed by atoms with Crippen LogP contribution in [-0.4, -0.2) is 73.7 Å². The van der Waals surface area contributed by atoms with E-state index in [1.54, 1.807) is 18.0 Å². The largest absolute Gasteiger partial charge is 0.379 e. The van der Waals surface area contributed by atoms with Crippen LogP contribution >= 0.6 is 11.8 Å². The van der Waals surface area contributed by atoms with Gasteiger partial charge in [0.15, 0.2) is 5.60 Å². The molecule has 2 saturated heterocycles. The van der Waals surface area contributed by atoms with Crippen molar-refractivity contribution in [2.75, 3.05) is 37.7 Å². The van der Waals surface area contributed by atoms with Crippen molar-refractivity contribution >= 4 is 17.7 Å². The van der Waals surface area contributed by atoms with Crippen molar-refractivity contribution in [1.29, 1.82) is 0 Å². The van der Waals surface area contributed by atoms with E-state index < -0.39 is 5.60 Å². The van der Waals surface area contributed by atoms with Gasteiger partial charge in [0.05, 0.1) is 6.04 Å². The highest BCUT2D eigenvalue weighted by atomic mass is 32.2. The summed E-state index contributed by atoms with van der Waals surface area (Å²) in [4.78, 5) is 21.4. The molecule has 3 rings (SSSR count). The number of hydrogen-bond donors (Lipinski definition) is 1. The van der Waals surface area contributed by atoms with Gasteiger partial charge in [0.1, 0.15) is 5.82 Å². The monoisotopic (exact) mass is 324 g/mol. The number of aryl methyl sites for hydroxylation is 1. The van der Waals surface area contributed by atoms with E-state index >= 15 is 0 Å². The summed E-state index contributed by atoms with van der Waals surface area (Å²) in [7, 11) is 1.98. The van der Waals surface area contributed by atoms with E-state index in [0.29, 0.717) is 25.3 Å². The maximum atomic E-state index is 12.7. The second-order valence-corrected chi connectivity index (χ2v) is 7.23. The molecule has 0 bridgehead atoms. The molecule has 0 saturated carbocycles. The average Bonchev–Trinajstić information content (AvgIpc) is 3.15. The van der Waals surface area contributed by atoms with Crippen molar-refractivity contribution in [2.45, 2.75) is 25.0 Å². The van der Waals surface area contributed by atoms with E-state index in [1.807, 2.05) is 22.7 Å². The molecule has 0 aliphatic carbocycles. The van der Waals surface area contributed by atoms with Crippen LogP contribution in [0.25, 0.3) is 0 Å². The topological polar surface area (TPSA) is 61.6 Å². The number of amides is 1. The molecule has 0 radical (unpaired) electrons. The minimum Gasteiger partial charge on any atom is -0.379 e. The third-order valence-electron chi connectivity index (χ3n) is 4.74. The fourth-order valence-corrected chi connectivity index (χ4v) is 4.58. The van der Waals surface area contributed by atoms with Crippen molar-refractivity contribution in [1.82, 2.24) is 19.4 Å². The highest BCUT2D eigenvalue weighted by Gasteiger charge is 2.44. The van der Waals surface area contributed by atoms with Crippen LogP contribution in [0.1, 0.15) is 25.2 Å². The highest BCUT2D eigenvalue weighted by Crippen LogP contribution is 2.32. The minimum atomic E-state index is -1.16. The lowest BCUT2D eigenvalue weighted by atomic mass is 10.00. The first-order valence-corrected chi connectivity index (χ1v) is 9.01. The number of likely N-dealkylation sites (N-methyl/N-ethyl adjacent to an activating group) is 1. The van der Waals surface area contributed by atoms with Gasteiger partial charge in [-0.2, -0.15) is 11.8 Å². The highest BCUT2D eigenvalue weighted by molar-refractivity contribution is 7.99. The van der Waals surface area contributed by atoms with Crippen LogP contribution in [0.2, 0.25) is 0 Å². The molecule has 2 atom stereocenters. The number of carbonyl (C=O) groups excluding carboxylic acids is 1. The zero-order valence-corrected chi connectivity index (χ0v) is 14.1. The van der Waals surface area contributed by atoms with Gasteiger partial charge in [0.2, 0.25) is 0 Å². The second kappa shape index (κ2) is 6.22. The number of rotatable bonds is 3. The van der Waals surface area contributed by atoms with E-state index in [4.69, 9.17) is 0 Å². The Hall–Kier alpha value is -1.05. The molecule has 2 aliphatic rings. The summed E-state index contributed by atoms with van der Waals surface area (Å²) in [6.07, 6.45) is 4.30. The summed E-state index contributed by atoms with van der Waals surface area (Å²) in [5, 5.41) is 10.6. The summed E-state index contributed by atoms with van der Waals surface area (Å²) in [5.74, 6) is 2.26. The van der Waals surface area contributed by atoms with Crippen LogP contribution in [0, 0.1) is 0 Å². The van der Waals surface area contributed by atoms with Gasteiger partial charge in [0.25, 0.3) is 5.91 Å². The van der Waals surface area contributed by atoms with Gasteiger partial charge in [-0.3, -0.25) is 9.69 Å². The van der Waals surface area contributed by atoms with Gasteiger partial charge in [-0.05, 0) is 18.7 Å². The van der Waals surface area contributed by atoms with Gasteiger partial charge < -0.3 is 14.6 Å². The van der Waals surface area contributed by atoms with Crippen molar-refractivity contribution in [3.05, 3.63) is 18.2 Å². The average molecular weight is 324 g/mol. The van der Waals surface area contributed by atoms with Gasteiger partial charge in [0, 0.05) is 44.8 Å². The number of aliphatic hydroxyl groups is 1. The van der Waals surface area contributed by atoms with Gasteiger partial charge in [-0.1, -0.05) is 6.92 Å². The first-order chi connectivity index (χ1) is 10.5.